The zero-order valence-electron chi connectivity index (χ0n) is 19.3. The normalized spacial score (nSPS) is 10.8. The molecule has 12 nitrogen and oxygen atoms in total. The Hall–Kier alpha value is -4.52. The minimum absolute atomic E-state index is 0.00181. The number of hydrogen-bond acceptors (Lipinski definition) is 8. The molecule has 184 valence electrons. The van der Waals surface area contributed by atoms with E-state index in [0.29, 0.717) is 22.4 Å². The number of rotatable bonds is 8. The molecule has 0 spiro atoms. The molecule has 0 aliphatic rings. The molecule has 0 bridgehead atoms. The highest BCUT2D eigenvalue weighted by Crippen LogP contribution is 2.26. The van der Waals surface area contributed by atoms with Gasteiger partial charge in [-0.2, -0.15) is 0 Å². The van der Waals surface area contributed by atoms with Gasteiger partial charge in [0.1, 0.15) is 5.82 Å². The molecule has 4 aromatic rings. The summed E-state index contributed by atoms with van der Waals surface area (Å²) < 4.78 is 1.80. The number of amides is 1. The van der Waals surface area contributed by atoms with Crippen LogP contribution in [0.3, 0.4) is 0 Å². The van der Waals surface area contributed by atoms with E-state index >= 15 is 0 Å². The first-order valence-corrected chi connectivity index (χ1v) is 11.7. The number of anilines is 1. The first kappa shape index (κ1) is 24.6. The van der Waals surface area contributed by atoms with E-state index in [4.69, 9.17) is 0 Å². The summed E-state index contributed by atoms with van der Waals surface area (Å²) in [5, 5.41) is 22.5. The lowest BCUT2D eigenvalue weighted by Crippen LogP contribution is -2.23. The van der Waals surface area contributed by atoms with Gasteiger partial charge in [-0.25, -0.2) is 4.79 Å². The van der Waals surface area contributed by atoms with E-state index in [2.05, 4.69) is 25.5 Å². The number of benzene rings is 2. The second-order valence-electron chi connectivity index (χ2n) is 7.95. The molecule has 36 heavy (non-hydrogen) atoms. The SMILES string of the molecule is Cc1ccc(C)c(-n2c(Cc3cc(=O)[nH]c(=O)[nH]3)nnc2SCC(=O)Nc2ccc([N+](=O)[O-])cc2)c1. The molecular weight excluding hydrogens is 486 g/mol. The summed E-state index contributed by atoms with van der Waals surface area (Å²) in [7, 11) is 0. The molecule has 0 saturated heterocycles. The molecule has 2 aromatic heterocycles. The number of aromatic nitrogens is 5. The second kappa shape index (κ2) is 10.4. The maximum absolute atomic E-state index is 12.5. The van der Waals surface area contributed by atoms with E-state index < -0.39 is 16.2 Å². The number of H-pyrrole nitrogens is 2. The first-order valence-electron chi connectivity index (χ1n) is 10.7. The Kier molecular flexibility index (Phi) is 7.10. The van der Waals surface area contributed by atoms with Crippen LogP contribution in [0.4, 0.5) is 11.4 Å². The van der Waals surface area contributed by atoms with Crippen LogP contribution in [-0.4, -0.2) is 41.3 Å². The van der Waals surface area contributed by atoms with Gasteiger partial charge in [-0.05, 0) is 43.2 Å². The Morgan fingerprint density at radius 1 is 1.08 bits per heavy atom. The van der Waals surface area contributed by atoms with Gasteiger partial charge in [-0.1, -0.05) is 23.9 Å². The van der Waals surface area contributed by atoms with Crippen molar-refractivity contribution in [2.24, 2.45) is 0 Å². The third-order valence-corrected chi connectivity index (χ3v) is 6.09. The van der Waals surface area contributed by atoms with E-state index in [9.17, 15) is 24.5 Å². The zero-order valence-corrected chi connectivity index (χ0v) is 20.1. The fraction of sp³-hybridized carbons (Fsp3) is 0.174. The minimum atomic E-state index is -0.618. The van der Waals surface area contributed by atoms with E-state index in [1.54, 1.807) is 4.57 Å². The van der Waals surface area contributed by atoms with E-state index in [1.807, 2.05) is 32.0 Å². The zero-order chi connectivity index (χ0) is 25.8. The third kappa shape index (κ3) is 5.75. The van der Waals surface area contributed by atoms with Gasteiger partial charge in [0.15, 0.2) is 5.16 Å². The minimum Gasteiger partial charge on any atom is -0.325 e. The highest BCUT2D eigenvalue weighted by molar-refractivity contribution is 7.99. The van der Waals surface area contributed by atoms with Crippen molar-refractivity contribution in [3.63, 3.8) is 0 Å². The van der Waals surface area contributed by atoms with E-state index in [0.717, 1.165) is 28.6 Å². The smallest absolute Gasteiger partial charge is 0.325 e. The van der Waals surface area contributed by atoms with Gasteiger partial charge in [0.05, 0.1) is 16.4 Å². The van der Waals surface area contributed by atoms with E-state index in [1.165, 1.54) is 30.3 Å². The monoisotopic (exact) mass is 507 g/mol. The molecule has 0 fully saturated rings. The quantitative estimate of drug-likeness (QED) is 0.186. The predicted octanol–water partition coefficient (Wildman–Crippen LogP) is 2.49. The number of aryl methyl sites for hydroxylation is 2. The Balaban J connectivity index is 1.59. The van der Waals surface area contributed by atoms with E-state index in [-0.39, 0.29) is 23.8 Å². The molecule has 4 rings (SSSR count). The van der Waals surface area contributed by atoms with Gasteiger partial charge < -0.3 is 10.3 Å². The average Bonchev–Trinajstić information content (AvgIpc) is 3.21. The van der Waals surface area contributed by atoms with Crippen LogP contribution in [0, 0.1) is 24.0 Å². The molecular formula is C23H21N7O5S. The van der Waals surface area contributed by atoms with Crippen molar-refractivity contribution in [2.75, 3.05) is 11.1 Å². The highest BCUT2D eigenvalue weighted by Gasteiger charge is 2.19. The molecule has 2 heterocycles. The summed E-state index contributed by atoms with van der Waals surface area (Å²) in [5.41, 5.74) is 2.34. The van der Waals surface area contributed by atoms with Crippen molar-refractivity contribution in [3.8, 4) is 5.69 Å². The number of carbonyl (C=O) groups excluding carboxylic acids is 1. The lowest BCUT2D eigenvalue weighted by molar-refractivity contribution is -0.384. The number of nitrogens with zero attached hydrogens (tertiary/aromatic N) is 4. The predicted molar refractivity (Wildman–Crippen MR) is 134 cm³/mol. The summed E-state index contributed by atoms with van der Waals surface area (Å²) in [6.45, 7) is 3.88. The standard InChI is InChI=1S/C23H21N7O5S/c1-13-3-4-14(2)18(9-13)29-19(10-16-11-20(31)26-22(33)25-16)27-28-23(29)36-12-21(32)24-15-5-7-17(8-6-15)30(34)35/h3-9,11H,10,12H2,1-2H3,(H,24,32)(H2,25,26,31,33). The summed E-state index contributed by atoms with van der Waals surface area (Å²) in [4.78, 5) is 51.0. The van der Waals surface area contributed by atoms with Gasteiger partial charge in [-0.15, -0.1) is 10.2 Å². The molecule has 0 unspecified atom stereocenters. The van der Waals surface area contributed by atoms with Gasteiger partial charge in [0, 0.05) is 36.0 Å². The molecule has 13 heteroatoms. The molecule has 0 aliphatic heterocycles. The number of hydrogen-bond donors (Lipinski definition) is 3. The third-order valence-electron chi connectivity index (χ3n) is 5.16. The summed E-state index contributed by atoms with van der Waals surface area (Å²) >= 11 is 1.16. The summed E-state index contributed by atoms with van der Waals surface area (Å²) in [6.07, 6.45) is 0.134. The van der Waals surface area contributed by atoms with Crippen LogP contribution in [0.15, 0.2) is 63.3 Å². The number of aromatic amines is 2. The van der Waals surface area contributed by atoms with Crippen LogP contribution in [0.1, 0.15) is 22.6 Å². The summed E-state index contributed by atoms with van der Waals surface area (Å²) in [5.74, 6) is 0.148. The van der Waals surface area contributed by atoms with Gasteiger partial charge in [0.2, 0.25) is 5.91 Å². The maximum Gasteiger partial charge on any atom is 0.325 e. The first-order chi connectivity index (χ1) is 17.2. The van der Waals surface area contributed by atoms with Crippen molar-refractivity contribution in [3.05, 3.63) is 102 Å². The molecule has 2 aromatic carbocycles. The average molecular weight is 508 g/mol. The lowest BCUT2D eigenvalue weighted by Gasteiger charge is -2.14. The van der Waals surface area contributed by atoms with Crippen molar-refractivity contribution in [2.45, 2.75) is 25.4 Å². The number of nitro groups is 1. The van der Waals surface area contributed by atoms with Gasteiger partial charge in [-0.3, -0.25) is 29.3 Å². The molecule has 0 aliphatic carbocycles. The lowest BCUT2D eigenvalue weighted by atomic mass is 10.1. The highest BCUT2D eigenvalue weighted by atomic mass is 32.2. The Morgan fingerprint density at radius 3 is 2.53 bits per heavy atom. The van der Waals surface area contributed by atoms with Crippen molar-refractivity contribution in [1.29, 1.82) is 0 Å². The molecule has 0 saturated carbocycles. The van der Waals surface area contributed by atoms with Gasteiger partial charge >= 0.3 is 5.69 Å². The van der Waals surface area contributed by atoms with Crippen LogP contribution in [0.5, 0.6) is 0 Å². The van der Waals surface area contributed by atoms with Crippen molar-refractivity contribution in [1.82, 2.24) is 24.7 Å². The Bertz CT molecular complexity index is 1530. The Labute approximate surface area is 208 Å². The van der Waals surface area contributed by atoms with Crippen LogP contribution in [0.25, 0.3) is 5.69 Å². The maximum atomic E-state index is 12.5. The van der Waals surface area contributed by atoms with Crippen molar-refractivity contribution < 1.29 is 9.72 Å². The fourth-order valence-electron chi connectivity index (χ4n) is 3.49. The number of thioether (sulfide) groups is 1. The molecule has 1 amide bonds. The summed E-state index contributed by atoms with van der Waals surface area (Å²) in [6, 6.07) is 12.7. The van der Waals surface area contributed by atoms with Crippen LogP contribution < -0.4 is 16.6 Å². The van der Waals surface area contributed by atoms with Gasteiger partial charge in [0.25, 0.3) is 11.2 Å². The number of nitro benzene ring substituents is 1. The number of non-ortho nitro benzene ring substituents is 1. The van der Waals surface area contributed by atoms with Crippen molar-refractivity contribution >= 4 is 29.0 Å². The topological polar surface area (TPSA) is 169 Å². The van der Waals surface area contributed by atoms with Crippen LogP contribution >= 0.6 is 11.8 Å². The largest absolute Gasteiger partial charge is 0.325 e. The molecule has 3 N–H and O–H groups in total. The fourth-order valence-corrected chi connectivity index (χ4v) is 4.25. The number of nitrogens with one attached hydrogen (secondary N) is 3. The van der Waals surface area contributed by atoms with Crippen LogP contribution in [0.2, 0.25) is 0 Å². The van der Waals surface area contributed by atoms with Crippen LogP contribution in [-0.2, 0) is 11.2 Å². The molecule has 0 atom stereocenters. The Morgan fingerprint density at radius 2 is 1.83 bits per heavy atom. The second-order valence-corrected chi connectivity index (χ2v) is 8.90. The molecule has 0 radical (unpaired) electrons. The number of carbonyl (C=O) groups is 1.